The molecule has 0 radical (unpaired) electrons. The van der Waals surface area contributed by atoms with Crippen molar-refractivity contribution in [2.45, 2.75) is 32.2 Å². The fourth-order valence-corrected chi connectivity index (χ4v) is 2.35. The van der Waals surface area contributed by atoms with Crippen molar-refractivity contribution < 1.29 is 9.90 Å². The zero-order valence-electron chi connectivity index (χ0n) is 10.2. The predicted octanol–water partition coefficient (Wildman–Crippen LogP) is 1.33. The third-order valence-corrected chi connectivity index (χ3v) is 3.34. The lowest BCUT2D eigenvalue weighted by Crippen LogP contribution is -2.35. The van der Waals surface area contributed by atoms with Gasteiger partial charge in [-0.3, -0.25) is 4.79 Å². The summed E-state index contributed by atoms with van der Waals surface area (Å²) in [6.45, 7) is 2.35. The third kappa shape index (κ3) is 2.73. The number of nitrogens with one attached hydrogen (secondary N) is 1. The maximum absolute atomic E-state index is 12.1. The standard InChI is InChI=1S/C14H19NO2/c1-10(15-7-8-16)14(17)13-6-5-11-3-2-4-12(11)9-13/h5-6,9-10,15-16H,2-4,7-8H2,1H3. The molecule has 0 saturated heterocycles. The van der Waals surface area contributed by atoms with E-state index in [1.165, 1.54) is 17.5 Å². The molecule has 0 fully saturated rings. The highest BCUT2D eigenvalue weighted by molar-refractivity contribution is 6.00. The van der Waals surface area contributed by atoms with Crippen molar-refractivity contribution in [3.63, 3.8) is 0 Å². The Labute approximate surface area is 102 Å². The number of carbonyl (C=O) groups is 1. The molecule has 3 nitrogen and oxygen atoms in total. The highest BCUT2D eigenvalue weighted by atomic mass is 16.3. The van der Waals surface area contributed by atoms with Gasteiger partial charge in [0.05, 0.1) is 12.6 Å². The molecule has 1 aromatic rings. The summed E-state index contributed by atoms with van der Waals surface area (Å²) in [7, 11) is 0. The Morgan fingerprint density at radius 2 is 2.18 bits per heavy atom. The van der Waals surface area contributed by atoms with E-state index in [1.54, 1.807) is 0 Å². The fourth-order valence-electron chi connectivity index (χ4n) is 2.35. The van der Waals surface area contributed by atoms with Crippen LogP contribution in [-0.2, 0) is 12.8 Å². The average molecular weight is 233 g/mol. The zero-order valence-corrected chi connectivity index (χ0v) is 10.2. The summed E-state index contributed by atoms with van der Waals surface area (Å²) < 4.78 is 0. The number of ketones is 1. The lowest BCUT2D eigenvalue weighted by Gasteiger charge is -2.12. The number of aryl methyl sites for hydroxylation is 2. The highest BCUT2D eigenvalue weighted by Gasteiger charge is 2.17. The molecule has 1 unspecified atom stereocenters. The van der Waals surface area contributed by atoms with Gasteiger partial charge in [-0.1, -0.05) is 12.1 Å². The molecule has 0 amide bonds. The number of Topliss-reactive ketones (excluding diaryl/α,β-unsaturated/α-hetero) is 1. The van der Waals surface area contributed by atoms with Crippen LogP contribution in [-0.4, -0.2) is 30.1 Å². The molecule has 17 heavy (non-hydrogen) atoms. The maximum atomic E-state index is 12.1. The second kappa shape index (κ2) is 5.43. The van der Waals surface area contributed by atoms with Crippen molar-refractivity contribution in [1.29, 1.82) is 0 Å². The highest BCUT2D eigenvalue weighted by Crippen LogP contribution is 2.23. The van der Waals surface area contributed by atoms with E-state index in [1.807, 2.05) is 19.1 Å². The Balaban J connectivity index is 2.09. The lowest BCUT2D eigenvalue weighted by molar-refractivity contribution is 0.0948. The number of rotatable bonds is 5. The minimum absolute atomic E-state index is 0.0573. The van der Waals surface area contributed by atoms with E-state index in [9.17, 15) is 4.79 Å². The van der Waals surface area contributed by atoms with E-state index in [-0.39, 0.29) is 18.4 Å². The minimum atomic E-state index is -0.235. The molecule has 1 atom stereocenters. The van der Waals surface area contributed by atoms with Gasteiger partial charge in [0.15, 0.2) is 5.78 Å². The van der Waals surface area contributed by atoms with Crippen molar-refractivity contribution >= 4 is 5.78 Å². The first-order chi connectivity index (χ1) is 8.22. The van der Waals surface area contributed by atoms with Gasteiger partial charge in [0.2, 0.25) is 0 Å². The van der Waals surface area contributed by atoms with Crippen LogP contribution < -0.4 is 5.32 Å². The molecule has 1 aromatic carbocycles. The SMILES string of the molecule is CC(NCCO)C(=O)c1ccc2c(c1)CCC2. The van der Waals surface area contributed by atoms with Crippen LogP contribution in [0.1, 0.15) is 34.8 Å². The average Bonchev–Trinajstić information content (AvgIpc) is 2.81. The Morgan fingerprint density at radius 1 is 1.41 bits per heavy atom. The van der Waals surface area contributed by atoms with Crippen molar-refractivity contribution in [3.8, 4) is 0 Å². The molecule has 0 saturated carbocycles. The maximum Gasteiger partial charge on any atom is 0.179 e. The van der Waals surface area contributed by atoms with Gasteiger partial charge in [0.25, 0.3) is 0 Å². The molecule has 0 bridgehead atoms. The van der Waals surface area contributed by atoms with E-state index < -0.39 is 0 Å². The Kier molecular flexibility index (Phi) is 3.92. The third-order valence-electron chi connectivity index (χ3n) is 3.34. The summed E-state index contributed by atoms with van der Waals surface area (Å²) in [5, 5.41) is 11.7. The minimum Gasteiger partial charge on any atom is -0.395 e. The summed E-state index contributed by atoms with van der Waals surface area (Å²) in [4.78, 5) is 12.1. The van der Waals surface area contributed by atoms with Crippen LogP contribution in [0.4, 0.5) is 0 Å². The van der Waals surface area contributed by atoms with E-state index in [4.69, 9.17) is 5.11 Å². The van der Waals surface area contributed by atoms with E-state index in [0.717, 1.165) is 18.4 Å². The first kappa shape index (κ1) is 12.3. The van der Waals surface area contributed by atoms with Gasteiger partial charge in [-0.25, -0.2) is 0 Å². The number of hydrogen-bond donors (Lipinski definition) is 2. The number of benzene rings is 1. The quantitative estimate of drug-likeness (QED) is 0.754. The summed E-state index contributed by atoms with van der Waals surface area (Å²) in [5.74, 6) is 0.105. The van der Waals surface area contributed by atoms with Gasteiger partial charge in [-0.2, -0.15) is 0 Å². The predicted molar refractivity (Wildman–Crippen MR) is 67.3 cm³/mol. The molecule has 0 aliphatic heterocycles. The van der Waals surface area contributed by atoms with Gasteiger partial charge in [-0.05, 0) is 43.4 Å². The topological polar surface area (TPSA) is 49.3 Å². The van der Waals surface area contributed by atoms with Crippen molar-refractivity contribution in [1.82, 2.24) is 5.32 Å². The molecular formula is C14H19NO2. The molecule has 3 heteroatoms. The molecule has 1 aliphatic rings. The van der Waals surface area contributed by atoms with Crippen LogP contribution in [0.2, 0.25) is 0 Å². The molecule has 92 valence electrons. The van der Waals surface area contributed by atoms with E-state index in [2.05, 4.69) is 11.4 Å². The van der Waals surface area contributed by atoms with Crippen molar-refractivity contribution in [3.05, 3.63) is 34.9 Å². The van der Waals surface area contributed by atoms with Crippen molar-refractivity contribution in [2.75, 3.05) is 13.2 Å². The summed E-state index contributed by atoms with van der Waals surface area (Å²) >= 11 is 0. The van der Waals surface area contributed by atoms with Gasteiger partial charge >= 0.3 is 0 Å². The fraction of sp³-hybridized carbons (Fsp3) is 0.500. The van der Waals surface area contributed by atoms with E-state index >= 15 is 0 Å². The molecule has 2 N–H and O–H groups in total. The normalized spacial score (nSPS) is 15.6. The lowest BCUT2D eigenvalue weighted by atomic mass is 10.0. The number of aliphatic hydroxyl groups excluding tert-OH is 1. The van der Waals surface area contributed by atoms with E-state index in [0.29, 0.717) is 6.54 Å². The number of fused-ring (bicyclic) bond motifs is 1. The molecule has 0 heterocycles. The smallest absolute Gasteiger partial charge is 0.179 e. The molecular weight excluding hydrogens is 214 g/mol. The first-order valence-corrected chi connectivity index (χ1v) is 6.22. The Hall–Kier alpha value is -1.19. The summed E-state index contributed by atoms with van der Waals surface area (Å²) in [6, 6.07) is 5.79. The second-order valence-electron chi connectivity index (χ2n) is 4.60. The van der Waals surface area contributed by atoms with Crippen LogP contribution >= 0.6 is 0 Å². The number of carbonyl (C=O) groups excluding carboxylic acids is 1. The molecule has 2 rings (SSSR count). The van der Waals surface area contributed by atoms with Crippen molar-refractivity contribution in [2.24, 2.45) is 0 Å². The van der Waals surface area contributed by atoms with Crippen LogP contribution in [0.25, 0.3) is 0 Å². The molecule has 0 spiro atoms. The van der Waals surface area contributed by atoms with Gasteiger partial charge in [0, 0.05) is 12.1 Å². The summed E-state index contributed by atoms with van der Waals surface area (Å²) in [5.41, 5.74) is 3.49. The second-order valence-corrected chi connectivity index (χ2v) is 4.60. The summed E-state index contributed by atoms with van der Waals surface area (Å²) in [6.07, 6.45) is 3.43. The van der Waals surface area contributed by atoms with Gasteiger partial charge < -0.3 is 10.4 Å². The molecule has 1 aliphatic carbocycles. The van der Waals surface area contributed by atoms with Gasteiger partial charge in [0.1, 0.15) is 0 Å². The van der Waals surface area contributed by atoms with Crippen LogP contribution in [0.15, 0.2) is 18.2 Å². The Morgan fingerprint density at radius 3 is 2.94 bits per heavy atom. The molecule has 0 aromatic heterocycles. The van der Waals surface area contributed by atoms with Crippen LogP contribution in [0.3, 0.4) is 0 Å². The zero-order chi connectivity index (χ0) is 12.3. The van der Waals surface area contributed by atoms with Crippen LogP contribution in [0, 0.1) is 0 Å². The monoisotopic (exact) mass is 233 g/mol. The first-order valence-electron chi connectivity index (χ1n) is 6.22. The largest absolute Gasteiger partial charge is 0.395 e. The number of hydrogen-bond acceptors (Lipinski definition) is 3. The van der Waals surface area contributed by atoms with Gasteiger partial charge in [-0.15, -0.1) is 0 Å². The van der Waals surface area contributed by atoms with Crippen LogP contribution in [0.5, 0.6) is 0 Å². The number of aliphatic hydroxyl groups is 1. The Bertz CT molecular complexity index is 415.